The molecule has 0 aliphatic carbocycles. The Bertz CT molecular complexity index is 1160. The van der Waals surface area contributed by atoms with Crippen molar-refractivity contribution < 1.29 is 9.18 Å². The number of carbonyl (C=O) groups is 1. The molecule has 28 heavy (non-hydrogen) atoms. The normalized spacial score (nSPS) is 11.2. The maximum absolute atomic E-state index is 13.5. The van der Waals surface area contributed by atoms with E-state index in [9.17, 15) is 9.18 Å². The van der Waals surface area contributed by atoms with Crippen molar-refractivity contribution in [3.63, 3.8) is 0 Å². The summed E-state index contributed by atoms with van der Waals surface area (Å²) in [5.74, 6) is 0.758. The second-order valence-electron chi connectivity index (χ2n) is 6.53. The fourth-order valence-corrected chi connectivity index (χ4v) is 3.18. The molecular weight excluding hydrogens is 359 g/mol. The molecule has 0 spiro atoms. The van der Waals surface area contributed by atoms with E-state index < -0.39 is 5.95 Å². The Morgan fingerprint density at radius 3 is 2.82 bits per heavy atom. The minimum absolute atomic E-state index is 0.0462. The van der Waals surface area contributed by atoms with Crippen LogP contribution in [-0.2, 0) is 13.1 Å². The third-order valence-corrected chi connectivity index (χ3v) is 4.49. The van der Waals surface area contributed by atoms with E-state index >= 15 is 0 Å². The molecular formula is C20H19FN6O. The summed E-state index contributed by atoms with van der Waals surface area (Å²) in [6.07, 6.45) is 5.96. The molecule has 0 bridgehead atoms. The van der Waals surface area contributed by atoms with Crippen molar-refractivity contribution in [2.24, 2.45) is 0 Å². The number of nitrogens with zero attached hydrogens (tertiary/aromatic N) is 6. The van der Waals surface area contributed by atoms with Crippen molar-refractivity contribution in [3.8, 4) is 11.5 Å². The zero-order chi connectivity index (χ0) is 19.7. The third-order valence-electron chi connectivity index (χ3n) is 4.49. The number of imidazole rings is 2. The van der Waals surface area contributed by atoms with Crippen LogP contribution in [0.3, 0.4) is 0 Å². The van der Waals surface area contributed by atoms with Gasteiger partial charge in [-0.15, -0.1) is 0 Å². The van der Waals surface area contributed by atoms with Gasteiger partial charge in [0, 0.05) is 30.7 Å². The zero-order valence-electron chi connectivity index (χ0n) is 15.6. The van der Waals surface area contributed by atoms with Gasteiger partial charge in [0.05, 0.1) is 6.54 Å². The van der Waals surface area contributed by atoms with E-state index in [1.54, 1.807) is 30.6 Å². The summed E-state index contributed by atoms with van der Waals surface area (Å²) >= 11 is 0. The smallest absolute Gasteiger partial charge is 0.213 e. The average Bonchev–Trinajstić information content (AvgIpc) is 3.27. The molecule has 0 aliphatic heterocycles. The van der Waals surface area contributed by atoms with Gasteiger partial charge in [0.15, 0.2) is 17.3 Å². The minimum atomic E-state index is -0.550. The maximum atomic E-state index is 13.5. The highest BCUT2D eigenvalue weighted by Gasteiger charge is 2.16. The summed E-state index contributed by atoms with van der Waals surface area (Å²) in [5.41, 5.74) is 2.42. The second-order valence-corrected chi connectivity index (χ2v) is 6.53. The number of fused-ring (bicyclic) bond motifs is 1. The number of pyridine rings is 2. The molecule has 142 valence electrons. The molecule has 0 unspecified atom stereocenters. The standard InChI is InChI=1S/C20H19FN6O/c1-3-8-27-18(25-16-10-14(13(2)28)11-23-20(16)27)12-26-9-7-22-19(26)15-5-4-6-17(21)24-15/h4-7,9-11H,3,8,12H2,1-2H3. The first-order valence-corrected chi connectivity index (χ1v) is 9.07. The van der Waals surface area contributed by atoms with Crippen LogP contribution in [0.15, 0.2) is 42.9 Å². The van der Waals surface area contributed by atoms with Gasteiger partial charge < -0.3 is 9.13 Å². The van der Waals surface area contributed by atoms with Gasteiger partial charge in [-0.3, -0.25) is 4.79 Å². The molecule has 0 saturated carbocycles. The Balaban J connectivity index is 1.77. The highest BCUT2D eigenvalue weighted by molar-refractivity contribution is 5.96. The highest BCUT2D eigenvalue weighted by atomic mass is 19.1. The van der Waals surface area contributed by atoms with Crippen molar-refractivity contribution in [1.82, 2.24) is 29.1 Å². The Hall–Kier alpha value is -3.42. The third kappa shape index (κ3) is 3.28. The quantitative estimate of drug-likeness (QED) is 0.379. The van der Waals surface area contributed by atoms with Crippen LogP contribution in [-0.4, -0.2) is 34.9 Å². The number of aryl methyl sites for hydroxylation is 1. The fraction of sp³-hybridized carbons (Fsp3) is 0.250. The SMILES string of the molecule is CCCn1c(Cn2ccnc2-c2cccc(F)n2)nc2cc(C(C)=O)cnc21. The minimum Gasteiger partial charge on any atom is -0.322 e. The molecule has 0 radical (unpaired) electrons. The van der Waals surface area contributed by atoms with Crippen LogP contribution in [0.2, 0.25) is 0 Å². The number of ketones is 1. The number of hydrogen-bond donors (Lipinski definition) is 0. The first-order valence-electron chi connectivity index (χ1n) is 9.07. The Morgan fingerprint density at radius 1 is 1.21 bits per heavy atom. The van der Waals surface area contributed by atoms with E-state index in [4.69, 9.17) is 4.98 Å². The van der Waals surface area contributed by atoms with Gasteiger partial charge in [-0.05, 0) is 31.5 Å². The number of rotatable bonds is 6. The molecule has 0 aliphatic rings. The maximum Gasteiger partial charge on any atom is 0.213 e. The van der Waals surface area contributed by atoms with E-state index in [0.29, 0.717) is 29.1 Å². The van der Waals surface area contributed by atoms with Crippen LogP contribution in [0, 0.1) is 5.95 Å². The molecule has 0 amide bonds. The molecule has 4 heterocycles. The Morgan fingerprint density at radius 2 is 2.07 bits per heavy atom. The summed E-state index contributed by atoms with van der Waals surface area (Å²) in [4.78, 5) is 29.1. The van der Waals surface area contributed by atoms with Crippen LogP contribution < -0.4 is 0 Å². The van der Waals surface area contributed by atoms with E-state index in [1.807, 2.05) is 15.3 Å². The molecule has 0 N–H and O–H groups in total. The van der Waals surface area contributed by atoms with Crippen LogP contribution >= 0.6 is 0 Å². The number of aromatic nitrogens is 6. The monoisotopic (exact) mass is 378 g/mol. The number of halogens is 1. The number of Topliss-reactive ketones (excluding diaryl/α,β-unsaturated/α-hetero) is 1. The predicted molar refractivity (Wildman–Crippen MR) is 102 cm³/mol. The van der Waals surface area contributed by atoms with Crippen LogP contribution in [0.5, 0.6) is 0 Å². The average molecular weight is 378 g/mol. The van der Waals surface area contributed by atoms with E-state index in [-0.39, 0.29) is 5.78 Å². The molecule has 0 fully saturated rings. The zero-order valence-corrected chi connectivity index (χ0v) is 15.6. The second kappa shape index (κ2) is 7.30. The lowest BCUT2D eigenvalue weighted by Crippen LogP contribution is -2.10. The van der Waals surface area contributed by atoms with Gasteiger partial charge in [0.25, 0.3) is 0 Å². The summed E-state index contributed by atoms with van der Waals surface area (Å²) in [7, 11) is 0. The Kier molecular flexibility index (Phi) is 4.68. The highest BCUT2D eigenvalue weighted by Crippen LogP contribution is 2.20. The molecule has 4 rings (SSSR count). The summed E-state index contributed by atoms with van der Waals surface area (Å²) in [5, 5.41) is 0. The first kappa shape index (κ1) is 18.0. The van der Waals surface area contributed by atoms with Crippen LogP contribution in [0.4, 0.5) is 4.39 Å². The van der Waals surface area contributed by atoms with Gasteiger partial charge in [-0.2, -0.15) is 4.39 Å². The van der Waals surface area contributed by atoms with Crippen molar-refractivity contribution in [3.05, 3.63) is 60.2 Å². The van der Waals surface area contributed by atoms with Gasteiger partial charge in [-0.25, -0.2) is 19.9 Å². The lowest BCUT2D eigenvalue weighted by molar-refractivity contribution is 0.101. The lowest BCUT2D eigenvalue weighted by atomic mass is 10.2. The molecule has 4 aromatic heterocycles. The number of hydrogen-bond acceptors (Lipinski definition) is 5. The van der Waals surface area contributed by atoms with E-state index in [2.05, 4.69) is 21.9 Å². The van der Waals surface area contributed by atoms with Crippen molar-refractivity contribution in [2.75, 3.05) is 0 Å². The predicted octanol–water partition coefficient (Wildman–Crippen LogP) is 3.49. The van der Waals surface area contributed by atoms with Gasteiger partial charge in [0.1, 0.15) is 17.0 Å². The molecule has 8 heteroatoms. The van der Waals surface area contributed by atoms with E-state index in [0.717, 1.165) is 24.4 Å². The largest absolute Gasteiger partial charge is 0.322 e. The van der Waals surface area contributed by atoms with Crippen molar-refractivity contribution in [1.29, 1.82) is 0 Å². The van der Waals surface area contributed by atoms with Gasteiger partial charge in [-0.1, -0.05) is 13.0 Å². The molecule has 4 aromatic rings. The fourth-order valence-electron chi connectivity index (χ4n) is 3.18. The topological polar surface area (TPSA) is 78.5 Å². The van der Waals surface area contributed by atoms with Gasteiger partial charge >= 0.3 is 0 Å². The molecule has 7 nitrogen and oxygen atoms in total. The Labute approximate surface area is 160 Å². The van der Waals surface area contributed by atoms with Gasteiger partial charge in [0.2, 0.25) is 5.95 Å². The molecule has 0 saturated heterocycles. The molecule has 0 atom stereocenters. The molecule has 0 aromatic carbocycles. The van der Waals surface area contributed by atoms with Crippen LogP contribution in [0.25, 0.3) is 22.7 Å². The van der Waals surface area contributed by atoms with Crippen molar-refractivity contribution >= 4 is 16.9 Å². The summed E-state index contributed by atoms with van der Waals surface area (Å²) < 4.78 is 17.4. The summed E-state index contributed by atoms with van der Waals surface area (Å²) in [6.45, 7) is 4.77. The first-order chi connectivity index (χ1) is 13.6. The lowest BCUT2D eigenvalue weighted by Gasteiger charge is -2.10. The number of carbonyl (C=O) groups excluding carboxylic acids is 1. The van der Waals surface area contributed by atoms with Crippen molar-refractivity contribution in [2.45, 2.75) is 33.4 Å². The summed E-state index contributed by atoms with van der Waals surface area (Å²) in [6, 6.07) is 6.40. The van der Waals surface area contributed by atoms with E-state index in [1.165, 1.54) is 13.0 Å². The van der Waals surface area contributed by atoms with Crippen LogP contribution in [0.1, 0.15) is 36.5 Å².